The SMILES string of the molecule is COc1cc([C@H]2c3cc(O)c(OC)cc3C[C@@H](CO[C@@H]3OC[C@@H](O)[C@H](O)[C@H]3O)[C@@H]2CO)ccc1O. The van der Waals surface area contributed by atoms with Gasteiger partial charge < -0.3 is 49.6 Å². The zero-order chi connectivity index (χ0) is 25.3. The average molecular weight is 493 g/mol. The lowest BCUT2D eigenvalue weighted by atomic mass is 9.67. The molecule has 2 aromatic rings. The van der Waals surface area contributed by atoms with Gasteiger partial charge in [0.05, 0.1) is 27.4 Å². The molecule has 2 aromatic carbocycles. The Morgan fingerprint density at radius 2 is 1.66 bits per heavy atom. The quantitative estimate of drug-likeness (QED) is 0.321. The van der Waals surface area contributed by atoms with Crippen LogP contribution in [0.5, 0.6) is 23.0 Å². The molecular formula is C25H32O10. The first-order valence-corrected chi connectivity index (χ1v) is 11.4. The second-order valence-electron chi connectivity index (χ2n) is 9.03. The van der Waals surface area contributed by atoms with E-state index in [2.05, 4.69) is 0 Å². The highest BCUT2D eigenvalue weighted by atomic mass is 16.7. The Morgan fingerprint density at radius 1 is 0.943 bits per heavy atom. The number of phenolic OH excluding ortho intramolecular Hbond substituents is 2. The number of aliphatic hydroxyl groups excluding tert-OH is 4. The lowest BCUT2D eigenvalue weighted by Crippen LogP contribution is -2.54. The van der Waals surface area contributed by atoms with Crippen LogP contribution < -0.4 is 9.47 Å². The summed E-state index contributed by atoms with van der Waals surface area (Å²) in [6, 6.07) is 8.34. The number of aliphatic hydroxyl groups is 4. The van der Waals surface area contributed by atoms with Crippen molar-refractivity contribution in [3.8, 4) is 23.0 Å². The Balaban J connectivity index is 1.69. The molecule has 192 valence electrons. The molecule has 2 aliphatic rings. The summed E-state index contributed by atoms with van der Waals surface area (Å²) in [5.74, 6) is -0.436. The molecule has 6 N–H and O–H groups in total. The highest BCUT2D eigenvalue weighted by molar-refractivity contribution is 5.53. The van der Waals surface area contributed by atoms with Gasteiger partial charge in [0.1, 0.15) is 18.3 Å². The molecule has 35 heavy (non-hydrogen) atoms. The van der Waals surface area contributed by atoms with Crippen molar-refractivity contribution in [2.45, 2.75) is 36.9 Å². The number of ether oxygens (including phenoxy) is 4. The number of hydrogen-bond donors (Lipinski definition) is 6. The van der Waals surface area contributed by atoms with E-state index < -0.39 is 24.6 Å². The van der Waals surface area contributed by atoms with Crippen molar-refractivity contribution in [1.82, 2.24) is 0 Å². The molecule has 1 aliphatic heterocycles. The minimum atomic E-state index is -1.42. The first kappa shape index (κ1) is 25.5. The lowest BCUT2D eigenvalue weighted by molar-refractivity contribution is -0.273. The van der Waals surface area contributed by atoms with Gasteiger partial charge in [-0.25, -0.2) is 0 Å². The zero-order valence-corrected chi connectivity index (χ0v) is 19.6. The molecule has 4 rings (SSSR count). The highest BCUT2D eigenvalue weighted by Crippen LogP contribution is 2.48. The van der Waals surface area contributed by atoms with Crippen LogP contribution in [0.3, 0.4) is 0 Å². The molecule has 0 aromatic heterocycles. The van der Waals surface area contributed by atoms with Gasteiger partial charge in [-0.2, -0.15) is 0 Å². The number of benzene rings is 2. The molecule has 0 amide bonds. The van der Waals surface area contributed by atoms with Crippen LogP contribution in [0.4, 0.5) is 0 Å². The van der Waals surface area contributed by atoms with Crippen molar-refractivity contribution < 1.29 is 49.6 Å². The lowest BCUT2D eigenvalue weighted by Gasteiger charge is -2.41. The predicted octanol–water partition coefficient (Wildman–Crippen LogP) is 0.483. The maximum absolute atomic E-state index is 10.5. The fourth-order valence-corrected chi connectivity index (χ4v) is 5.09. The topological polar surface area (TPSA) is 158 Å². The van der Waals surface area contributed by atoms with E-state index in [4.69, 9.17) is 18.9 Å². The van der Waals surface area contributed by atoms with Crippen LogP contribution in [0.2, 0.25) is 0 Å². The van der Waals surface area contributed by atoms with Gasteiger partial charge in [0.2, 0.25) is 0 Å². The molecule has 0 saturated carbocycles. The van der Waals surface area contributed by atoms with Crippen LogP contribution in [0.25, 0.3) is 0 Å². The molecule has 0 unspecified atom stereocenters. The summed E-state index contributed by atoms with van der Waals surface area (Å²) in [6.45, 7) is -0.292. The van der Waals surface area contributed by atoms with Crippen LogP contribution in [0.15, 0.2) is 30.3 Å². The van der Waals surface area contributed by atoms with Crippen molar-refractivity contribution in [3.63, 3.8) is 0 Å². The number of phenols is 2. The second kappa shape index (κ2) is 10.6. The van der Waals surface area contributed by atoms with Crippen LogP contribution in [-0.2, 0) is 15.9 Å². The summed E-state index contributed by atoms with van der Waals surface area (Å²) in [5.41, 5.74) is 2.45. The van der Waals surface area contributed by atoms with Crippen LogP contribution in [-0.4, -0.2) is 89.3 Å². The fourth-order valence-electron chi connectivity index (χ4n) is 5.09. The van der Waals surface area contributed by atoms with Crippen LogP contribution >= 0.6 is 0 Å². The van der Waals surface area contributed by atoms with E-state index in [0.29, 0.717) is 12.2 Å². The van der Waals surface area contributed by atoms with Gasteiger partial charge >= 0.3 is 0 Å². The van der Waals surface area contributed by atoms with Gasteiger partial charge in [0.15, 0.2) is 29.3 Å². The number of fused-ring (bicyclic) bond motifs is 1. The Hall–Kier alpha value is -2.60. The predicted molar refractivity (Wildman–Crippen MR) is 123 cm³/mol. The highest BCUT2D eigenvalue weighted by Gasteiger charge is 2.42. The second-order valence-corrected chi connectivity index (χ2v) is 9.03. The molecule has 0 spiro atoms. The first-order valence-electron chi connectivity index (χ1n) is 11.4. The molecule has 1 heterocycles. The van der Waals surface area contributed by atoms with E-state index >= 15 is 0 Å². The molecule has 7 atom stereocenters. The maximum Gasteiger partial charge on any atom is 0.186 e. The first-order chi connectivity index (χ1) is 16.8. The smallest absolute Gasteiger partial charge is 0.186 e. The van der Waals surface area contributed by atoms with Gasteiger partial charge in [-0.15, -0.1) is 0 Å². The van der Waals surface area contributed by atoms with Crippen molar-refractivity contribution in [2.24, 2.45) is 11.8 Å². The summed E-state index contributed by atoms with van der Waals surface area (Å²) in [5, 5.41) is 60.9. The Labute approximate surface area is 202 Å². The maximum atomic E-state index is 10.5. The van der Waals surface area contributed by atoms with E-state index in [-0.39, 0.29) is 54.8 Å². The van der Waals surface area contributed by atoms with Gasteiger partial charge in [-0.1, -0.05) is 6.07 Å². The normalized spacial score (nSPS) is 30.5. The molecule has 0 radical (unpaired) electrons. The minimum absolute atomic E-state index is 0.0190. The van der Waals surface area contributed by atoms with E-state index in [0.717, 1.165) is 16.7 Å². The van der Waals surface area contributed by atoms with E-state index in [1.165, 1.54) is 20.3 Å². The summed E-state index contributed by atoms with van der Waals surface area (Å²) in [4.78, 5) is 0. The standard InChI is InChI=1S/C25H32O10/c1-32-20-6-12(3-4-17(20)27)22-15-8-18(28)21(33-2)7-13(15)5-14(16(22)9-26)10-34-25-24(31)23(30)19(29)11-35-25/h3-4,6-8,14,16,19,22-31H,5,9-11H2,1-2H3/t14-,16-,19+,22-,23-,24+,25+/m0/s1. The third kappa shape index (κ3) is 4.90. The van der Waals surface area contributed by atoms with Crippen molar-refractivity contribution in [3.05, 3.63) is 47.0 Å². The monoisotopic (exact) mass is 492 g/mol. The molecule has 1 saturated heterocycles. The van der Waals surface area contributed by atoms with E-state index in [1.807, 2.05) is 0 Å². The Bertz CT molecular complexity index is 1030. The zero-order valence-electron chi connectivity index (χ0n) is 19.6. The van der Waals surface area contributed by atoms with Crippen LogP contribution in [0, 0.1) is 11.8 Å². The number of methoxy groups -OCH3 is 2. The van der Waals surface area contributed by atoms with Crippen molar-refractivity contribution >= 4 is 0 Å². The molecule has 10 nitrogen and oxygen atoms in total. The Kier molecular flexibility index (Phi) is 7.70. The van der Waals surface area contributed by atoms with Gasteiger partial charge in [0.25, 0.3) is 0 Å². The summed E-state index contributed by atoms with van der Waals surface area (Å²) in [6.07, 6.45) is -4.66. The number of rotatable bonds is 7. The summed E-state index contributed by atoms with van der Waals surface area (Å²) >= 11 is 0. The van der Waals surface area contributed by atoms with Gasteiger partial charge in [-0.05, 0) is 59.2 Å². The number of aromatic hydroxyl groups is 2. The van der Waals surface area contributed by atoms with Gasteiger partial charge in [-0.3, -0.25) is 0 Å². The van der Waals surface area contributed by atoms with Crippen LogP contribution in [0.1, 0.15) is 22.6 Å². The van der Waals surface area contributed by atoms with Crippen molar-refractivity contribution in [1.29, 1.82) is 0 Å². The fraction of sp³-hybridized carbons (Fsp3) is 0.520. The third-order valence-electron chi connectivity index (χ3n) is 6.99. The number of hydrogen-bond acceptors (Lipinski definition) is 10. The van der Waals surface area contributed by atoms with Crippen molar-refractivity contribution in [2.75, 3.05) is 34.0 Å². The molecular weight excluding hydrogens is 460 g/mol. The van der Waals surface area contributed by atoms with E-state index in [9.17, 15) is 30.6 Å². The third-order valence-corrected chi connectivity index (χ3v) is 6.99. The van der Waals surface area contributed by atoms with E-state index in [1.54, 1.807) is 24.3 Å². The minimum Gasteiger partial charge on any atom is -0.504 e. The largest absolute Gasteiger partial charge is 0.504 e. The molecule has 1 aliphatic carbocycles. The van der Waals surface area contributed by atoms with Gasteiger partial charge in [0, 0.05) is 12.5 Å². The summed E-state index contributed by atoms with van der Waals surface area (Å²) in [7, 11) is 2.91. The Morgan fingerprint density at radius 3 is 2.34 bits per heavy atom. The molecule has 1 fully saturated rings. The molecule has 0 bridgehead atoms. The molecule has 10 heteroatoms. The average Bonchev–Trinajstić information content (AvgIpc) is 2.86. The summed E-state index contributed by atoms with van der Waals surface area (Å²) < 4.78 is 21.8.